The standard InChI is InChI=1S/C34H61NO/c1-8-35(9-2)26-20-19-23-32-28(5)29(6)34-33(30(32)7)25-24-31(36-34)22-18-16-14-12-10-11-13-15-17-21-27(3)4/h27,31H,8-26H2,1-7H3. The molecule has 1 aromatic carbocycles. The number of nitrogens with zero attached hydrogens (tertiary/aromatic N) is 1. The van der Waals surface area contributed by atoms with E-state index in [0.29, 0.717) is 6.10 Å². The first-order chi connectivity index (χ1) is 17.4. The number of fused-ring (bicyclic) bond motifs is 1. The number of benzene rings is 1. The zero-order valence-corrected chi connectivity index (χ0v) is 25.4. The number of ether oxygens (including phenoxy) is 1. The zero-order chi connectivity index (χ0) is 26.3. The topological polar surface area (TPSA) is 12.5 Å². The van der Waals surface area contributed by atoms with E-state index in [1.807, 2.05) is 0 Å². The molecule has 2 rings (SSSR count). The maximum absolute atomic E-state index is 6.66. The number of unbranched alkanes of at least 4 members (excludes halogenated alkanes) is 9. The summed E-state index contributed by atoms with van der Waals surface area (Å²) in [6.07, 6.45) is 22.0. The van der Waals surface area contributed by atoms with Gasteiger partial charge in [-0.1, -0.05) is 85.5 Å². The highest BCUT2D eigenvalue weighted by Gasteiger charge is 2.25. The van der Waals surface area contributed by atoms with E-state index in [4.69, 9.17) is 4.74 Å². The summed E-state index contributed by atoms with van der Waals surface area (Å²) in [6, 6.07) is 0. The minimum Gasteiger partial charge on any atom is -0.490 e. The molecule has 0 aromatic heterocycles. The second-order valence-corrected chi connectivity index (χ2v) is 12.1. The summed E-state index contributed by atoms with van der Waals surface area (Å²) in [5.74, 6) is 2.12. The quantitative estimate of drug-likeness (QED) is 0.176. The lowest BCUT2D eigenvalue weighted by Gasteiger charge is -2.31. The Kier molecular flexibility index (Phi) is 15.2. The molecule has 1 atom stereocenters. The monoisotopic (exact) mass is 499 g/mol. The lowest BCUT2D eigenvalue weighted by Crippen LogP contribution is -2.25. The van der Waals surface area contributed by atoms with Crippen molar-refractivity contribution >= 4 is 0 Å². The molecule has 0 N–H and O–H groups in total. The summed E-state index contributed by atoms with van der Waals surface area (Å²) >= 11 is 0. The van der Waals surface area contributed by atoms with Gasteiger partial charge in [-0.05, 0) is 119 Å². The van der Waals surface area contributed by atoms with Crippen molar-refractivity contribution in [2.75, 3.05) is 19.6 Å². The largest absolute Gasteiger partial charge is 0.490 e. The third-order valence-corrected chi connectivity index (χ3v) is 8.89. The Hall–Kier alpha value is -1.02. The molecule has 0 amide bonds. The first-order valence-corrected chi connectivity index (χ1v) is 15.9. The van der Waals surface area contributed by atoms with Crippen molar-refractivity contribution in [3.05, 3.63) is 27.8 Å². The molecule has 0 radical (unpaired) electrons. The molecule has 2 heteroatoms. The molecule has 0 fully saturated rings. The second-order valence-electron chi connectivity index (χ2n) is 12.1. The molecule has 1 aromatic rings. The van der Waals surface area contributed by atoms with Gasteiger partial charge >= 0.3 is 0 Å². The first-order valence-electron chi connectivity index (χ1n) is 15.9. The van der Waals surface area contributed by atoms with E-state index >= 15 is 0 Å². The van der Waals surface area contributed by atoms with Crippen LogP contribution in [0.1, 0.15) is 145 Å². The third kappa shape index (κ3) is 10.4. The SMILES string of the molecule is CCN(CC)CCCCc1c(C)c(C)c2c(c1C)CCC(CCCCCCCCCCCC(C)C)O2. The predicted octanol–water partition coefficient (Wildman–Crippen LogP) is 9.92. The second kappa shape index (κ2) is 17.5. The van der Waals surface area contributed by atoms with Crippen LogP contribution in [0.15, 0.2) is 0 Å². The fourth-order valence-electron chi connectivity index (χ4n) is 6.17. The Morgan fingerprint density at radius 3 is 1.97 bits per heavy atom. The molecule has 208 valence electrons. The van der Waals surface area contributed by atoms with E-state index in [9.17, 15) is 0 Å². The molecule has 0 saturated carbocycles. The van der Waals surface area contributed by atoms with Gasteiger partial charge in [0.25, 0.3) is 0 Å². The Morgan fingerprint density at radius 1 is 0.750 bits per heavy atom. The summed E-state index contributed by atoms with van der Waals surface area (Å²) < 4.78 is 6.66. The van der Waals surface area contributed by atoms with Gasteiger partial charge in [-0.25, -0.2) is 0 Å². The van der Waals surface area contributed by atoms with Crippen LogP contribution in [-0.2, 0) is 12.8 Å². The highest BCUT2D eigenvalue weighted by Crippen LogP contribution is 2.39. The summed E-state index contributed by atoms with van der Waals surface area (Å²) in [7, 11) is 0. The van der Waals surface area contributed by atoms with Gasteiger partial charge in [-0.3, -0.25) is 0 Å². The van der Waals surface area contributed by atoms with Gasteiger partial charge in [0.1, 0.15) is 5.75 Å². The van der Waals surface area contributed by atoms with Crippen LogP contribution in [0.2, 0.25) is 0 Å². The molecule has 0 bridgehead atoms. The van der Waals surface area contributed by atoms with Gasteiger partial charge in [0.2, 0.25) is 0 Å². The first kappa shape index (κ1) is 31.2. The molecule has 1 heterocycles. The zero-order valence-electron chi connectivity index (χ0n) is 25.4. The number of hydrogen-bond acceptors (Lipinski definition) is 2. The summed E-state index contributed by atoms with van der Waals surface area (Å²) in [4.78, 5) is 2.54. The average Bonchev–Trinajstić information content (AvgIpc) is 2.87. The number of hydrogen-bond donors (Lipinski definition) is 0. The van der Waals surface area contributed by atoms with Crippen molar-refractivity contribution in [2.24, 2.45) is 5.92 Å². The van der Waals surface area contributed by atoms with Gasteiger partial charge in [0.05, 0.1) is 6.10 Å². The normalized spacial score (nSPS) is 15.5. The molecule has 1 unspecified atom stereocenters. The molecule has 0 aliphatic carbocycles. The number of rotatable bonds is 19. The molecule has 0 saturated heterocycles. The van der Waals surface area contributed by atoms with Crippen molar-refractivity contribution in [1.29, 1.82) is 0 Å². The molecule has 1 aliphatic heterocycles. The van der Waals surface area contributed by atoms with Crippen molar-refractivity contribution in [1.82, 2.24) is 4.90 Å². The Bertz CT molecular complexity index is 733. The molecule has 0 spiro atoms. The molecular formula is C34H61NO. The summed E-state index contributed by atoms with van der Waals surface area (Å²) in [5.41, 5.74) is 7.54. The minimum atomic E-state index is 0.427. The molecule has 1 aliphatic rings. The van der Waals surface area contributed by atoms with Gasteiger partial charge in [0, 0.05) is 0 Å². The average molecular weight is 500 g/mol. The van der Waals surface area contributed by atoms with Crippen LogP contribution < -0.4 is 4.74 Å². The van der Waals surface area contributed by atoms with Crippen LogP contribution in [0.5, 0.6) is 5.75 Å². The van der Waals surface area contributed by atoms with Gasteiger partial charge in [0.15, 0.2) is 0 Å². The van der Waals surface area contributed by atoms with Crippen LogP contribution in [0.25, 0.3) is 0 Å². The van der Waals surface area contributed by atoms with Crippen LogP contribution in [-0.4, -0.2) is 30.6 Å². The Balaban J connectivity index is 1.70. The lowest BCUT2D eigenvalue weighted by atomic mass is 9.85. The highest BCUT2D eigenvalue weighted by molar-refractivity contribution is 5.55. The van der Waals surface area contributed by atoms with E-state index in [1.165, 1.54) is 150 Å². The summed E-state index contributed by atoms with van der Waals surface area (Å²) in [5, 5.41) is 0. The van der Waals surface area contributed by atoms with Crippen molar-refractivity contribution < 1.29 is 4.74 Å². The van der Waals surface area contributed by atoms with Gasteiger partial charge in [-0.15, -0.1) is 0 Å². The van der Waals surface area contributed by atoms with Crippen LogP contribution in [0.3, 0.4) is 0 Å². The Labute approximate surface area is 226 Å². The minimum absolute atomic E-state index is 0.427. The fourth-order valence-corrected chi connectivity index (χ4v) is 6.17. The molecule has 2 nitrogen and oxygen atoms in total. The third-order valence-electron chi connectivity index (χ3n) is 8.89. The molecular weight excluding hydrogens is 438 g/mol. The van der Waals surface area contributed by atoms with E-state index < -0.39 is 0 Å². The van der Waals surface area contributed by atoms with Crippen molar-refractivity contribution in [3.63, 3.8) is 0 Å². The summed E-state index contributed by atoms with van der Waals surface area (Å²) in [6.45, 7) is 19.8. The maximum Gasteiger partial charge on any atom is 0.126 e. The van der Waals surface area contributed by atoms with Gasteiger partial charge in [-0.2, -0.15) is 0 Å². The van der Waals surface area contributed by atoms with E-state index in [1.54, 1.807) is 5.56 Å². The van der Waals surface area contributed by atoms with Crippen molar-refractivity contribution in [2.45, 2.75) is 157 Å². The van der Waals surface area contributed by atoms with Crippen molar-refractivity contribution in [3.8, 4) is 5.75 Å². The van der Waals surface area contributed by atoms with Gasteiger partial charge < -0.3 is 9.64 Å². The lowest BCUT2D eigenvalue weighted by molar-refractivity contribution is 0.158. The Morgan fingerprint density at radius 2 is 1.36 bits per heavy atom. The predicted molar refractivity (Wildman–Crippen MR) is 160 cm³/mol. The van der Waals surface area contributed by atoms with E-state index in [2.05, 4.69) is 53.4 Å². The fraction of sp³-hybridized carbons (Fsp3) is 0.824. The molecule has 36 heavy (non-hydrogen) atoms. The maximum atomic E-state index is 6.66. The smallest absolute Gasteiger partial charge is 0.126 e. The van der Waals surface area contributed by atoms with Crippen LogP contribution in [0, 0.1) is 26.7 Å². The van der Waals surface area contributed by atoms with Crippen LogP contribution >= 0.6 is 0 Å². The van der Waals surface area contributed by atoms with E-state index in [-0.39, 0.29) is 0 Å². The van der Waals surface area contributed by atoms with Crippen LogP contribution in [0.4, 0.5) is 0 Å². The highest BCUT2D eigenvalue weighted by atomic mass is 16.5. The van der Waals surface area contributed by atoms with E-state index in [0.717, 1.165) is 5.92 Å².